The lowest BCUT2D eigenvalue weighted by Gasteiger charge is -2.09. The standard InChI is InChI=1S/C11H12F2N2/c1-7(2)15-6-9-10(12)3-8(5-14)4-11(9)13/h3-4,7,15H,6H2,1-2H3. The summed E-state index contributed by atoms with van der Waals surface area (Å²) in [5, 5.41) is 11.4. The van der Waals surface area contributed by atoms with Crippen molar-refractivity contribution in [2.45, 2.75) is 26.4 Å². The van der Waals surface area contributed by atoms with Crippen molar-refractivity contribution >= 4 is 0 Å². The Morgan fingerprint density at radius 1 is 1.33 bits per heavy atom. The molecule has 1 rings (SSSR count). The van der Waals surface area contributed by atoms with Crippen LogP contribution in [0.15, 0.2) is 12.1 Å². The molecule has 0 fully saturated rings. The molecule has 0 bridgehead atoms. The van der Waals surface area contributed by atoms with E-state index in [1.807, 2.05) is 13.8 Å². The summed E-state index contributed by atoms with van der Waals surface area (Å²) in [6.07, 6.45) is 0. The van der Waals surface area contributed by atoms with Crippen LogP contribution in [0.5, 0.6) is 0 Å². The number of hydrogen-bond donors (Lipinski definition) is 1. The summed E-state index contributed by atoms with van der Waals surface area (Å²) < 4.78 is 26.6. The van der Waals surface area contributed by atoms with Gasteiger partial charge >= 0.3 is 0 Å². The second-order valence-electron chi connectivity index (χ2n) is 3.57. The maximum atomic E-state index is 13.3. The zero-order chi connectivity index (χ0) is 11.4. The summed E-state index contributed by atoms with van der Waals surface area (Å²) in [6.45, 7) is 3.90. The van der Waals surface area contributed by atoms with Gasteiger partial charge in [0.1, 0.15) is 11.6 Å². The molecule has 15 heavy (non-hydrogen) atoms. The molecule has 0 saturated carbocycles. The van der Waals surface area contributed by atoms with E-state index in [0.717, 1.165) is 12.1 Å². The Morgan fingerprint density at radius 2 is 1.87 bits per heavy atom. The van der Waals surface area contributed by atoms with Crippen LogP contribution in [0.25, 0.3) is 0 Å². The van der Waals surface area contributed by atoms with E-state index in [9.17, 15) is 8.78 Å². The third-order valence-electron chi connectivity index (χ3n) is 1.96. The van der Waals surface area contributed by atoms with Crippen molar-refractivity contribution in [3.8, 4) is 6.07 Å². The fourth-order valence-electron chi connectivity index (χ4n) is 1.14. The molecule has 4 heteroatoms. The van der Waals surface area contributed by atoms with Crippen LogP contribution in [-0.4, -0.2) is 6.04 Å². The van der Waals surface area contributed by atoms with Crippen molar-refractivity contribution in [2.75, 3.05) is 0 Å². The SMILES string of the molecule is CC(C)NCc1c(F)cc(C#N)cc1F. The van der Waals surface area contributed by atoms with Crippen LogP contribution in [0.1, 0.15) is 25.0 Å². The first-order chi connectivity index (χ1) is 7.04. The van der Waals surface area contributed by atoms with Crippen LogP contribution in [0.4, 0.5) is 8.78 Å². The average molecular weight is 210 g/mol. The molecule has 0 amide bonds. The third-order valence-corrected chi connectivity index (χ3v) is 1.96. The highest BCUT2D eigenvalue weighted by Crippen LogP contribution is 2.14. The topological polar surface area (TPSA) is 35.8 Å². The Balaban J connectivity index is 2.94. The van der Waals surface area contributed by atoms with Crippen molar-refractivity contribution < 1.29 is 8.78 Å². The molecule has 0 unspecified atom stereocenters. The van der Waals surface area contributed by atoms with Crippen molar-refractivity contribution in [3.63, 3.8) is 0 Å². The van der Waals surface area contributed by atoms with Crippen molar-refractivity contribution in [1.82, 2.24) is 5.32 Å². The third kappa shape index (κ3) is 3.00. The van der Waals surface area contributed by atoms with E-state index in [0.29, 0.717) is 0 Å². The summed E-state index contributed by atoms with van der Waals surface area (Å²) in [5.74, 6) is -1.36. The van der Waals surface area contributed by atoms with Gasteiger partial charge in [-0.3, -0.25) is 0 Å². The Kier molecular flexibility index (Phi) is 3.75. The molecule has 0 aromatic heterocycles. The molecule has 1 aromatic carbocycles. The minimum absolute atomic E-state index is 0.00158. The summed E-state index contributed by atoms with van der Waals surface area (Å²) in [7, 11) is 0. The van der Waals surface area contributed by atoms with Gasteiger partial charge in [-0.05, 0) is 12.1 Å². The van der Waals surface area contributed by atoms with Gasteiger partial charge in [-0.2, -0.15) is 5.26 Å². The molecule has 0 spiro atoms. The highest BCUT2D eigenvalue weighted by Gasteiger charge is 2.11. The number of halogens is 2. The van der Waals surface area contributed by atoms with Crippen LogP contribution >= 0.6 is 0 Å². The molecule has 0 radical (unpaired) electrons. The van der Waals surface area contributed by atoms with E-state index in [2.05, 4.69) is 5.32 Å². The lowest BCUT2D eigenvalue weighted by atomic mass is 10.1. The molecule has 1 aromatic rings. The van der Waals surface area contributed by atoms with Gasteiger partial charge in [0.15, 0.2) is 0 Å². The highest BCUT2D eigenvalue weighted by atomic mass is 19.1. The van der Waals surface area contributed by atoms with E-state index in [1.54, 1.807) is 6.07 Å². The molecule has 0 aliphatic carbocycles. The van der Waals surface area contributed by atoms with E-state index in [1.165, 1.54) is 0 Å². The molecular weight excluding hydrogens is 198 g/mol. The Bertz CT molecular complexity index is 371. The van der Waals surface area contributed by atoms with Crippen molar-refractivity contribution in [3.05, 3.63) is 34.9 Å². The minimum atomic E-state index is -0.681. The number of hydrogen-bond acceptors (Lipinski definition) is 2. The quantitative estimate of drug-likeness (QED) is 0.831. The lowest BCUT2D eigenvalue weighted by Crippen LogP contribution is -2.23. The van der Waals surface area contributed by atoms with Gasteiger partial charge in [-0.1, -0.05) is 13.8 Å². The van der Waals surface area contributed by atoms with E-state index < -0.39 is 11.6 Å². The highest BCUT2D eigenvalue weighted by molar-refractivity contribution is 5.34. The maximum absolute atomic E-state index is 13.3. The van der Waals surface area contributed by atoms with Crippen LogP contribution in [0, 0.1) is 23.0 Å². The number of benzene rings is 1. The number of rotatable bonds is 3. The maximum Gasteiger partial charge on any atom is 0.131 e. The molecule has 1 N–H and O–H groups in total. The Labute approximate surface area is 87.5 Å². The van der Waals surface area contributed by atoms with E-state index >= 15 is 0 Å². The van der Waals surface area contributed by atoms with Crippen LogP contribution in [0.2, 0.25) is 0 Å². The lowest BCUT2D eigenvalue weighted by molar-refractivity contribution is 0.514. The first-order valence-corrected chi connectivity index (χ1v) is 4.66. The zero-order valence-corrected chi connectivity index (χ0v) is 8.64. The fraction of sp³-hybridized carbons (Fsp3) is 0.364. The molecule has 0 aliphatic rings. The average Bonchev–Trinajstić information content (AvgIpc) is 2.15. The molecule has 80 valence electrons. The first kappa shape index (κ1) is 11.6. The second-order valence-corrected chi connectivity index (χ2v) is 3.57. The van der Waals surface area contributed by atoms with Crippen molar-refractivity contribution in [2.24, 2.45) is 0 Å². The molecule has 2 nitrogen and oxygen atoms in total. The van der Waals surface area contributed by atoms with Gasteiger partial charge in [0.2, 0.25) is 0 Å². The smallest absolute Gasteiger partial charge is 0.131 e. The van der Waals surface area contributed by atoms with Gasteiger partial charge in [0.05, 0.1) is 11.6 Å². The number of nitrogens with zero attached hydrogens (tertiary/aromatic N) is 1. The molecule has 0 aliphatic heterocycles. The van der Waals surface area contributed by atoms with Gasteiger partial charge in [-0.15, -0.1) is 0 Å². The van der Waals surface area contributed by atoms with E-state index in [-0.39, 0.29) is 23.7 Å². The monoisotopic (exact) mass is 210 g/mol. The number of nitrogens with one attached hydrogen (secondary N) is 1. The number of nitriles is 1. The predicted octanol–water partition coefficient (Wildman–Crippen LogP) is 2.33. The van der Waals surface area contributed by atoms with Crippen LogP contribution in [0.3, 0.4) is 0 Å². The summed E-state index contributed by atoms with van der Waals surface area (Å²) >= 11 is 0. The Hall–Kier alpha value is -1.47. The Morgan fingerprint density at radius 3 is 2.27 bits per heavy atom. The largest absolute Gasteiger partial charge is 0.310 e. The summed E-state index contributed by atoms with van der Waals surface area (Å²) in [4.78, 5) is 0. The summed E-state index contributed by atoms with van der Waals surface area (Å²) in [5.41, 5.74) is -0.0269. The van der Waals surface area contributed by atoms with Crippen LogP contribution in [-0.2, 0) is 6.54 Å². The molecule has 0 atom stereocenters. The summed E-state index contributed by atoms with van der Waals surface area (Å²) in [6, 6.07) is 3.94. The van der Waals surface area contributed by atoms with Crippen LogP contribution < -0.4 is 5.32 Å². The van der Waals surface area contributed by atoms with Crippen molar-refractivity contribution in [1.29, 1.82) is 5.26 Å². The van der Waals surface area contributed by atoms with Gasteiger partial charge < -0.3 is 5.32 Å². The fourth-order valence-corrected chi connectivity index (χ4v) is 1.14. The first-order valence-electron chi connectivity index (χ1n) is 4.66. The molecule has 0 saturated heterocycles. The van der Waals surface area contributed by atoms with Gasteiger partial charge in [-0.25, -0.2) is 8.78 Å². The predicted molar refractivity (Wildman–Crippen MR) is 53.0 cm³/mol. The molecular formula is C11H12F2N2. The zero-order valence-electron chi connectivity index (χ0n) is 8.64. The van der Waals surface area contributed by atoms with Gasteiger partial charge in [0.25, 0.3) is 0 Å². The second kappa shape index (κ2) is 4.85. The van der Waals surface area contributed by atoms with E-state index in [4.69, 9.17) is 5.26 Å². The normalized spacial score (nSPS) is 10.4. The minimum Gasteiger partial charge on any atom is -0.310 e. The van der Waals surface area contributed by atoms with Gasteiger partial charge in [0, 0.05) is 18.2 Å². The molecule has 0 heterocycles.